The maximum atomic E-state index is 12.6. The highest BCUT2D eigenvalue weighted by atomic mass is 35.5. The van der Waals surface area contributed by atoms with Crippen LogP contribution in [0.15, 0.2) is 30.3 Å². The Morgan fingerprint density at radius 1 is 1.27 bits per heavy atom. The molecule has 8 heteroatoms. The van der Waals surface area contributed by atoms with Crippen molar-refractivity contribution in [2.24, 2.45) is 0 Å². The summed E-state index contributed by atoms with van der Waals surface area (Å²) in [6, 6.07) is 6.47. The number of benzene rings is 1. The predicted octanol–water partition coefficient (Wildman–Crippen LogP) is 2.51. The highest BCUT2D eigenvalue weighted by Gasteiger charge is 2.30. The van der Waals surface area contributed by atoms with Gasteiger partial charge in [0.15, 0.2) is 0 Å². The van der Waals surface area contributed by atoms with Crippen LogP contribution in [-0.2, 0) is 19.1 Å². The van der Waals surface area contributed by atoms with Gasteiger partial charge >= 0.3 is 5.97 Å². The van der Waals surface area contributed by atoms with Gasteiger partial charge in [-0.3, -0.25) is 14.4 Å². The molecule has 0 bridgehead atoms. The second kappa shape index (κ2) is 10.6. The van der Waals surface area contributed by atoms with Crippen LogP contribution in [0.5, 0.6) is 0 Å². The van der Waals surface area contributed by atoms with Crippen molar-refractivity contribution in [2.75, 3.05) is 26.2 Å². The number of rotatable bonds is 6. The maximum Gasteiger partial charge on any atom is 0.308 e. The van der Waals surface area contributed by atoms with Crippen molar-refractivity contribution in [2.45, 2.75) is 45.3 Å². The number of aliphatic hydroxyl groups excluding tert-OH is 1. The highest BCUT2D eigenvalue weighted by Crippen LogP contribution is 2.16. The first kappa shape index (κ1) is 23.9. The van der Waals surface area contributed by atoms with Gasteiger partial charge in [0, 0.05) is 37.2 Å². The fraction of sp³-hybridized carbons (Fsp3) is 0.500. The number of carbonyl (C=O) groups excluding carboxylic acids is 3. The van der Waals surface area contributed by atoms with Gasteiger partial charge in [0.2, 0.25) is 11.8 Å². The zero-order valence-electron chi connectivity index (χ0n) is 17.6. The normalized spacial score (nSPS) is 16.5. The summed E-state index contributed by atoms with van der Waals surface area (Å²) >= 11 is 5.95. The van der Waals surface area contributed by atoms with Crippen LogP contribution in [0.4, 0.5) is 0 Å². The number of hydrogen-bond acceptors (Lipinski definition) is 5. The third kappa shape index (κ3) is 7.46. The van der Waals surface area contributed by atoms with Gasteiger partial charge in [0.25, 0.3) is 0 Å². The number of halogens is 1. The van der Waals surface area contributed by atoms with Gasteiger partial charge in [-0.2, -0.15) is 0 Å². The molecule has 1 aliphatic heterocycles. The van der Waals surface area contributed by atoms with Gasteiger partial charge in [0.1, 0.15) is 5.60 Å². The quantitative estimate of drug-likeness (QED) is 0.547. The molecule has 1 aromatic rings. The van der Waals surface area contributed by atoms with E-state index in [1.54, 1.807) is 49.9 Å². The van der Waals surface area contributed by atoms with E-state index in [1.165, 1.54) is 11.0 Å². The topological polar surface area (TPSA) is 87.2 Å². The number of ether oxygens (including phenoxy) is 1. The number of esters is 1. The minimum atomic E-state index is -0.676. The van der Waals surface area contributed by atoms with E-state index in [1.807, 2.05) is 6.07 Å². The molecule has 1 fully saturated rings. The Morgan fingerprint density at radius 2 is 2.00 bits per heavy atom. The lowest BCUT2D eigenvalue weighted by Crippen LogP contribution is -2.45. The average molecular weight is 437 g/mol. The van der Waals surface area contributed by atoms with E-state index >= 15 is 0 Å². The van der Waals surface area contributed by atoms with E-state index in [4.69, 9.17) is 16.3 Å². The van der Waals surface area contributed by atoms with Crippen molar-refractivity contribution >= 4 is 35.5 Å². The summed E-state index contributed by atoms with van der Waals surface area (Å²) in [7, 11) is 0. The van der Waals surface area contributed by atoms with E-state index in [2.05, 4.69) is 0 Å². The molecule has 0 aromatic heterocycles. The zero-order valence-corrected chi connectivity index (χ0v) is 18.4. The van der Waals surface area contributed by atoms with Crippen LogP contribution in [0.2, 0.25) is 5.02 Å². The Labute approximate surface area is 182 Å². The van der Waals surface area contributed by atoms with Crippen molar-refractivity contribution < 1.29 is 24.2 Å². The molecule has 0 saturated carbocycles. The fourth-order valence-corrected chi connectivity index (χ4v) is 3.38. The molecule has 1 aliphatic rings. The molecule has 30 heavy (non-hydrogen) atoms. The van der Waals surface area contributed by atoms with Crippen LogP contribution in [0.1, 0.15) is 39.2 Å². The molecular weight excluding hydrogens is 408 g/mol. The van der Waals surface area contributed by atoms with Crippen LogP contribution in [0.25, 0.3) is 6.08 Å². The Balaban J connectivity index is 1.99. The van der Waals surface area contributed by atoms with Crippen LogP contribution in [-0.4, -0.2) is 70.6 Å². The van der Waals surface area contributed by atoms with Gasteiger partial charge in [-0.1, -0.05) is 23.7 Å². The molecule has 1 saturated heterocycles. The van der Waals surface area contributed by atoms with Crippen molar-refractivity contribution in [1.29, 1.82) is 0 Å². The number of hydrogen-bond donors (Lipinski definition) is 1. The predicted molar refractivity (Wildman–Crippen MR) is 115 cm³/mol. The Morgan fingerprint density at radius 3 is 2.63 bits per heavy atom. The number of carbonyl (C=O) groups is 3. The van der Waals surface area contributed by atoms with Gasteiger partial charge in [-0.25, -0.2) is 0 Å². The van der Waals surface area contributed by atoms with Crippen molar-refractivity contribution in [3.63, 3.8) is 0 Å². The lowest BCUT2D eigenvalue weighted by atomic mass is 10.1. The molecule has 0 spiro atoms. The average Bonchev–Trinajstić information content (AvgIpc) is 2.85. The maximum absolute atomic E-state index is 12.6. The minimum Gasteiger partial charge on any atom is -0.460 e. The monoisotopic (exact) mass is 436 g/mol. The zero-order chi connectivity index (χ0) is 22.3. The molecule has 1 unspecified atom stereocenters. The molecular formula is C22H29ClN2O5. The van der Waals surface area contributed by atoms with Crippen LogP contribution in [0, 0.1) is 0 Å². The summed E-state index contributed by atoms with van der Waals surface area (Å²) < 4.78 is 5.30. The third-order valence-electron chi connectivity index (χ3n) is 4.58. The second-order valence-corrected chi connectivity index (χ2v) is 8.61. The lowest BCUT2D eigenvalue weighted by Gasteiger charge is -2.30. The van der Waals surface area contributed by atoms with Crippen molar-refractivity contribution in [3.8, 4) is 0 Å². The molecule has 1 heterocycles. The first-order valence-electron chi connectivity index (χ1n) is 9.94. The number of nitrogens with zero attached hydrogens (tertiary/aromatic N) is 2. The third-order valence-corrected chi connectivity index (χ3v) is 4.81. The van der Waals surface area contributed by atoms with E-state index in [0.29, 0.717) is 11.6 Å². The van der Waals surface area contributed by atoms with Gasteiger partial charge < -0.3 is 19.6 Å². The molecule has 0 aliphatic carbocycles. The Kier molecular flexibility index (Phi) is 8.43. The molecule has 164 valence electrons. The molecule has 2 rings (SSSR count). The molecule has 1 atom stereocenters. The van der Waals surface area contributed by atoms with Gasteiger partial charge in [-0.15, -0.1) is 0 Å². The fourth-order valence-electron chi connectivity index (χ4n) is 3.18. The first-order valence-corrected chi connectivity index (χ1v) is 10.3. The van der Waals surface area contributed by atoms with E-state index in [-0.39, 0.29) is 44.4 Å². The van der Waals surface area contributed by atoms with Crippen LogP contribution in [0.3, 0.4) is 0 Å². The number of amides is 2. The summed E-state index contributed by atoms with van der Waals surface area (Å²) in [5, 5.41) is 10.3. The van der Waals surface area contributed by atoms with E-state index in [9.17, 15) is 19.5 Å². The number of aliphatic hydroxyl groups is 1. The van der Waals surface area contributed by atoms with Crippen LogP contribution < -0.4 is 0 Å². The van der Waals surface area contributed by atoms with Crippen LogP contribution >= 0.6 is 11.6 Å². The smallest absolute Gasteiger partial charge is 0.308 e. The van der Waals surface area contributed by atoms with Crippen molar-refractivity contribution in [3.05, 3.63) is 40.9 Å². The molecule has 2 amide bonds. The molecule has 7 nitrogen and oxygen atoms in total. The lowest BCUT2D eigenvalue weighted by molar-refractivity contribution is -0.157. The van der Waals surface area contributed by atoms with Gasteiger partial charge in [0.05, 0.1) is 19.1 Å². The standard InChI is InChI=1S/C22H29ClN2O5/c1-22(2,3)30-21(29)14-18(15-26)25-12-11-24(10-9-20(25)28)19(27)8-7-16-5-4-6-17(23)13-16/h4-8,13,18,26H,9-12,14-15H2,1-3H3. The van der Waals surface area contributed by atoms with E-state index in [0.717, 1.165) is 5.56 Å². The SMILES string of the molecule is CC(C)(C)OC(=O)CC(CO)N1CCN(C(=O)C=Cc2cccc(Cl)c2)CCC1=O. The minimum absolute atomic E-state index is 0.0951. The molecule has 1 N–H and O–H groups in total. The second-order valence-electron chi connectivity index (χ2n) is 8.18. The molecule has 1 aromatic carbocycles. The summed E-state index contributed by atoms with van der Waals surface area (Å²) in [6.45, 7) is 5.76. The summed E-state index contributed by atoms with van der Waals surface area (Å²) in [4.78, 5) is 40.3. The van der Waals surface area contributed by atoms with Crippen molar-refractivity contribution in [1.82, 2.24) is 9.80 Å². The summed E-state index contributed by atoms with van der Waals surface area (Å²) in [5.74, 6) is -0.889. The van der Waals surface area contributed by atoms with E-state index < -0.39 is 17.6 Å². The largest absolute Gasteiger partial charge is 0.460 e. The molecule has 0 radical (unpaired) electrons. The van der Waals surface area contributed by atoms with Gasteiger partial charge in [-0.05, 0) is 44.5 Å². The summed E-state index contributed by atoms with van der Waals surface area (Å²) in [5.41, 5.74) is 0.166. The first-order chi connectivity index (χ1) is 14.1. The summed E-state index contributed by atoms with van der Waals surface area (Å²) in [6.07, 6.45) is 3.16. The Bertz CT molecular complexity index is 803. The Hall–Kier alpha value is -2.38. The highest BCUT2D eigenvalue weighted by molar-refractivity contribution is 6.30.